The van der Waals surface area contributed by atoms with Crippen LogP contribution >= 0.6 is 22.9 Å². The second kappa shape index (κ2) is 4.99. The lowest BCUT2D eigenvalue weighted by molar-refractivity contribution is 0.603. The van der Waals surface area contributed by atoms with E-state index < -0.39 is 15.8 Å². The van der Waals surface area contributed by atoms with Crippen LogP contribution < -0.4 is 10.5 Å². The lowest BCUT2D eigenvalue weighted by atomic mass is 10.3. The molecule has 8 heteroatoms. The molecule has 1 aromatic heterocycles. The standard InChI is InChI=1S/C11H10ClFN2O2S2/c1-6-2-10(18-11(6)12)19(16,17)15-9-4-7(13)3-8(14)5-9/h2-5,15H,14H2,1H3. The van der Waals surface area contributed by atoms with E-state index in [0.29, 0.717) is 9.90 Å². The molecule has 3 N–H and O–H groups in total. The highest BCUT2D eigenvalue weighted by Gasteiger charge is 2.19. The first kappa shape index (κ1) is 14.1. The molecule has 0 saturated carbocycles. The number of nitrogens with one attached hydrogen (secondary N) is 1. The number of halogens is 2. The van der Waals surface area contributed by atoms with E-state index in [-0.39, 0.29) is 15.6 Å². The van der Waals surface area contributed by atoms with Crippen molar-refractivity contribution in [1.82, 2.24) is 0 Å². The summed E-state index contributed by atoms with van der Waals surface area (Å²) in [6.07, 6.45) is 0. The number of aryl methyl sites for hydroxylation is 1. The molecule has 0 radical (unpaired) electrons. The maximum Gasteiger partial charge on any atom is 0.271 e. The third kappa shape index (κ3) is 3.17. The molecule has 0 amide bonds. The quantitative estimate of drug-likeness (QED) is 0.853. The van der Waals surface area contributed by atoms with Gasteiger partial charge in [0.05, 0.1) is 10.0 Å². The maximum absolute atomic E-state index is 13.1. The smallest absolute Gasteiger partial charge is 0.271 e. The van der Waals surface area contributed by atoms with Gasteiger partial charge in [-0.15, -0.1) is 11.3 Å². The molecular weight excluding hydrogens is 311 g/mol. The van der Waals surface area contributed by atoms with Crippen molar-refractivity contribution >= 4 is 44.3 Å². The van der Waals surface area contributed by atoms with E-state index in [1.165, 1.54) is 12.1 Å². The zero-order chi connectivity index (χ0) is 14.2. The maximum atomic E-state index is 13.1. The second-order valence-electron chi connectivity index (χ2n) is 3.90. The van der Waals surface area contributed by atoms with Gasteiger partial charge >= 0.3 is 0 Å². The molecule has 1 heterocycles. The minimum Gasteiger partial charge on any atom is -0.399 e. The van der Waals surface area contributed by atoms with Gasteiger partial charge in [0, 0.05) is 5.69 Å². The summed E-state index contributed by atoms with van der Waals surface area (Å²) in [5.41, 5.74) is 6.33. The molecule has 0 aliphatic carbocycles. The summed E-state index contributed by atoms with van der Waals surface area (Å²) in [5.74, 6) is -0.613. The largest absolute Gasteiger partial charge is 0.399 e. The topological polar surface area (TPSA) is 72.2 Å². The predicted molar refractivity (Wildman–Crippen MR) is 75.7 cm³/mol. The van der Waals surface area contributed by atoms with Crippen LogP contribution in [0.3, 0.4) is 0 Å². The van der Waals surface area contributed by atoms with E-state index in [4.69, 9.17) is 17.3 Å². The molecule has 0 unspecified atom stereocenters. The lowest BCUT2D eigenvalue weighted by Crippen LogP contribution is -2.11. The van der Waals surface area contributed by atoms with Crippen LogP contribution in [-0.2, 0) is 10.0 Å². The number of thiophene rings is 1. The Morgan fingerprint density at radius 3 is 2.53 bits per heavy atom. The van der Waals surface area contributed by atoms with E-state index in [1.807, 2.05) is 0 Å². The first-order chi connectivity index (χ1) is 8.78. The van der Waals surface area contributed by atoms with Gasteiger partial charge in [0.2, 0.25) is 0 Å². The van der Waals surface area contributed by atoms with Crippen molar-refractivity contribution in [3.05, 3.63) is 40.0 Å². The van der Waals surface area contributed by atoms with Crippen molar-refractivity contribution in [2.75, 3.05) is 10.5 Å². The molecule has 0 aliphatic rings. The SMILES string of the molecule is Cc1cc(S(=O)(=O)Nc2cc(N)cc(F)c2)sc1Cl. The summed E-state index contributed by atoms with van der Waals surface area (Å²) in [7, 11) is -3.79. The molecule has 0 aliphatic heterocycles. The number of anilines is 2. The van der Waals surface area contributed by atoms with E-state index in [0.717, 1.165) is 23.5 Å². The van der Waals surface area contributed by atoms with Crippen LogP contribution in [0.1, 0.15) is 5.56 Å². The van der Waals surface area contributed by atoms with Gasteiger partial charge in [0.25, 0.3) is 10.0 Å². The summed E-state index contributed by atoms with van der Waals surface area (Å²) in [4.78, 5) is 0. The summed E-state index contributed by atoms with van der Waals surface area (Å²) in [6, 6.07) is 4.95. The van der Waals surface area contributed by atoms with Gasteiger partial charge in [-0.05, 0) is 36.8 Å². The summed E-state index contributed by atoms with van der Waals surface area (Å²) in [6.45, 7) is 1.71. The van der Waals surface area contributed by atoms with Crippen molar-refractivity contribution in [2.45, 2.75) is 11.1 Å². The first-order valence-corrected chi connectivity index (χ1v) is 7.80. The Hall–Kier alpha value is -1.31. The number of benzene rings is 1. The van der Waals surface area contributed by atoms with E-state index in [9.17, 15) is 12.8 Å². The van der Waals surface area contributed by atoms with E-state index in [2.05, 4.69) is 4.72 Å². The zero-order valence-corrected chi connectivity index (χ0v) is 12.2. The highest BCUT2D eigenvalue weighted by Crippen LogP contribution is 2.31. The molecule has 0 spiro atoms. The Bertz CT molecular complexity index is 689. The van der Waals surface area contributed by atoms with Gasteiger partial charge in [-0.3, -0.25) is 4.72 Å². The minimum absolute atomic E-state index is 0.0674. The van der Waals surface area contributed by atoms with Crippen molar-refractivity contribution in [1.29, 1.82) is 0 Å². The Morgan fingerprint density at radius 1 is 1.32 bits per heavy atom. The molecule has 0 atom stereocenters. The lowest BCUT2D eigenvalue weighted by Gasteiger charge is -2.07. The third-order valence-electron chi connectivity index (χ3n) is 2.27. The fraction of sp³-hybridized carbons (Fsp3) is 0.0909. The molecule has 0 saturated heterocycles. The zero-order valence-electron chi connectivity index (χ0n) is 9.78. The summed E-state index contributed by atoms with van der Waals surface area (Å²) < 4.78 is 40.0. The van der Waals surface area contributed by atoms with Crippen LogP contribution in [0.15, 0.2) is 28.5 Å². The highest BCUT2D eigenvalue weighted by molar-refractivity contribution is 7.94. The van der Waals surface area contributed by atoms with Crippen LogP contribution in [0.5, 0.6) is 0 Å². The fourth-order valence-corrected chi connectivity index (χ4v) is 4.19. The Balaban J connectivity index is 2.36. The van der Waals surface area contributed by atoms with Crippen molar-refractivity contribution in [3.63, 3.8) is 0 Å². The van der Waals surface area contributed by atoms with Gasteiger partial charge in [-0.1, -0.05) is 11.6 Å². The average Bonchev–Trinajstić information content (AvgIpc) is 2.57. The number of sulfonamides is 1. The van der Waals surface area contributed by atoms with Crippen LogP contribution in [0.4, 0.5) is 15.8 Å². The van der Waals surface area contributed by atoms with Crippen molar-refractivity contribution in [2.24, 2.45) is 0 Å². The van der Waals surface area contributed by atoms with Crippen LogP contribution in [0, 0.1) is 12.7 Å². The summed E-state index contributed by atoms with van der Waals surface area (Å²) >= 11 is 6.77. The molecule has 102 valence electrons. The van der Waals surface area contributed by atoms with Gasteiger partial charge in [0.1, 0.15) is 10.0 Å². The molecular formula is C11H10ClFN2O2S2. The molecule has 19 heavy (non-hydrogen) atoms. The number of nitrogen functional groups attached to an aromatic ring is 1. The predicted octanol–water partition coefficient (Wildman–Crippen LogP) is 3.23. The Kier molecular flexibility index (Phi) is 3.71. The van der Waals surface area contributed by atoms with Gasteiger partial charge in [-0.2, -0.15) is 0 Å². The molecule has 2 rings (SSSR count). The second-order valence-corrected chi connectivity index (χ2v) is 7.46. The van der Waals surface area contributed by atoms with E-state index in [1.54, 1.807) is 6.92 Å². The number of nitrogens with two attached hydrogens (primary N) is 1. The fourth-order valence-electron chi connectivity index (χ4n) is 1.44. The average molecular weight is 321 g/mol. The Labute approximate surface area is 119 Å². The number of hydrogen-bond donors (Lipinski definition) is 2. The van der Waals surface area contributed by atoms with Crippen molar-refractivity contribution < 1.29 is 12.8 Å². The van der Waals surface area contributed by atoms with Crippen LogP contribution in [0.25, 0.3) is 0 Å². The van der Waals surface area contributed by atoms with Crippen molar-refractivity contribution in [3.8, 4) is 0 Å². The highest BCUT2D eigenvalue weighted by atomic mass is 35.5. The normalized spacial score (nSPS) is 11.5. The molecule has 2 aromatic rings. The first-order valence-electron chi connectivity index (χ1n) is 5.13. The van der Waals surface area contributed by atoms with Gasteiger partial charge in [-0.25, -0.2) is 12.8 Å². The third-order valence-corrected chi connectivity index (χ3v) is 5.68. The molecule has 4 nitrogen and oxygen atoms in total. The monoisotopic (exact) mass is 320 g/mol. The number of hydrogen-bond acceptors (Lipinski definition) is 4. The van der Waals surface area contributed by atoms with Gasteiger partial charge in [0.15, 0.2) is 0 Å². The van der Waals surface area contributed by atoms with Crippen LogP contribution in [0.2, 0.25) is 4.34 Å². The molecule has 0 fully saturated rings. The van der Waals surface area contributed by atoms with Gasteiger partial charge < -0.3 is 5.73 Å². The Morgan fingerprint density at radius 2 is 2.00 bits per heavy atom. The summed E-state index contributed by atoms with van der Waals surface area (Å²) in [5, 5.41) is 0. The minimum atomic E-state index is -3.79. The van der Waals surface area contributed by atoms with Crippen LogP contribution in [-0.4, -0.2) is 8.42 Å². The molecule has 1 aromatic carbocycles. The van der Waals surface area contributed by atoms with E-state index >= 15 is 0 Å². The molecule has 0 bridgehead atoms. The number of rotatable bonds is 3.